The number of aromatic nitrogens is 5. The van der Waals surface area contributed by atoms with Gasteiger partial charge in [0.2, 0.25) is 5.82 Å². The van der Waals surface area contributed by atoms with Gasteiger partial charge in [-0.3, -0.25) is 4.40 Å². The average molecular weight is 375 g/mol. The van der Waals surface area contributed by atoms with Gasteiger partial charge in [-0.15, -0.1) is 10.2 Å². The molecule has 0 unspecified atom stereocenters. The van der Waals surface area contributed by atoms with Gasteiger partial charge < -0.3 is 4.74 Å². The third-order valence-electron chi connectivity index (χ3n) is 3.62. The van der Waals surface area contributed by atoms with Crippen LogP contribution >= 0.6 is 0 Å². The zero-order valence-electron chi connectivity index (χ0n) is 13.4. The van der Waals surface area contributed by atoms with Crippen molar-refractivity contribution in [1.82, 2.24) is 24.6 Å². The molecule has 1 aromatic carbocycles. The molecule has 0 aliphatic rings. The molecular formula is C17H9F4N5O. The van der Waals surface area contributed by atoms with E-state index in [1.54, 1.807) is 12.1 Å². The van der Waals surface area contributed by atoms with Gasteiger partial charge in [0.15, 0.2) is 5.65 Å². The highest BCUT2D eigenvalue weighted by molar-refractivity contribution is 5.63. The lowest BCUT2D eigenvalue weighted by atomic mass is 10.1. The zero-order chi connectivity index (χ0) is 19.0. The molecule has 3 heterocycles. The molecule has 0 aliphatic heterocycles. The van der Waals surface area contributed by atoms with E-state index in [2.05, 4.69) is 20.2 Å². The van der Waals surface area contributed by atoms with Crippen LogP contribution in [-0.2, 0) is 6.18 Å². The fourth-order valence-electron chi connectivity index (χ4n) is 2.41. The van der Waals surface area contributed by atoms with E-state index in [0.29, 0.717) is 11.1 Å². The summed E-state index contributed by atoms with van der Waals surface area (Å²) in [4.78, 5) is 8.00. The third kappa shape index (κ3) is 3.41. The summed E-state index contributed by atoms with van der Waals surface area (Å²) in [5.74, 6) is -1.36. The van der Waals surface area contributed by atoms with Crippen LogP contribution in [0, 0.1) is 5.82 Å². The number of hydrogen-bond donors (Lipinski definition) is 0. The molecule has 10 heteroatoms. The molecule has 0 bridgehead atoms. The molecule has 0 spiro atoms. The van der Waals surface area contributed by atoms with Crippen LogP contribution in [0.15, 0.2) is 55.0 Å². The second-order valence-corrected chi connectivity index (χ2v) is 5.48. The van der Waals surface area contributed by atoms with Crippen LogP contribution in [-0.4, -0.2) is 24.6 Å². The molecule has 0 fully saturated rings. The van der Waals surface area contributed by atoms with Crippen molar-refractivity contribution in [3.63, 3.8) is 0 Å². The van der Waals surface area contributed by atoms with Crippen LogP contribution in [0.3, 0.4) is 0 Å². The standard InChI is InChI=1S/C17H9F4N5O/c18-12-2-1-3-13(6-12)27-16-22-7-11(8-23-16)10-4-5-14-24-25-15(17(19,20)21)26(14)9-10/h1-9H. The van der Waals surface area contributed by atoms with Crippen molar-refractivity contribution >= 4 is 5.65 Å². The maximum atomic E-state index is 13.2. The molecule has 0 saturated carbocycles. The topological polar surface area (TPSA) is 65.2 Å². The summed E-state index contributed by atoms with van der Waals surface area (Å²) in [6.07, 6.45) is -0.595. The van der Waals surface area contributed by atoms with Crippen LogP contribution in [0.5, 0.6) is 11.8 Å². The zero-order valence-corrected chi connectivity index (χ0v) is 13.4. The van der Waals surface area contributed by atoms with Gasteiger partial charge in [0.1, 0.15) is 11.6 Å². The molecule has 0 atom stereocenters. The first-order valence-corrected chi connectivity index (χ1v) is 7.58. The number of pyridine rings is 1. The molecule has 0 aliphatic carbocycles. The van der Waals surface area contributed by atoms with Crippen molar-refractivity contribution in [3.8, 4) is 22.9 Å². The van der Waals surface area contributed by atoms with Crippen LogP contribution in [0.1, 0.15) is 5.82 Å². The molecule has 27 heavy (non-hydrogen) atoms. The Labute approximate surface area is 149 Å². The Morgan fingerprint density at radius 2 is 1.70 bits per heavy atom. The van der Waals surface area contributed by atoms with Gasteiger partial charge in [0.05, 0.1) is 0 Å². The van der Waals surface area contributed by atoms with E-state index in [1.807, 2.05) is 0 Å². The van der Waals surface area contributed by atoms with Gasteiger partial charge in [-0.2, -0.15) is 13.2 Å². The quantitative estimate of drug-likeness (QED) is 0.504. The van der Waals surface area contributed by atoms with Crippen molar-refractivity contribution in [3.05, 3.63) is 66.6 Å². The minimum atomic E-state index is -4.63. The van der Waals surface area contributed by atoms with Crippen LogP contribution in [0.4, 0.5) is 17.6 Å². The number of alkyl halides is 3. The summed E-state index contributed by atoms with van der Waals surface area (Å²) >= 11 is 0. The molecule has 4 aromatic rings. The molecule has 0 N–H and O–H groups in total. The predicted octanol–water partition coefficient (Wildman–Crippen LogP) is 4.14. The summed E-state index contributed by atoms with van der Waals surface area (Å²) < 4.78 is 58.3. The Bertz CT molecular complexity index is 1110. The lowest BCUT2D eigenvalue weighted by Crippen LogP contribution is -2.10. The van der Waals surface area contributed by atoms with Crippen LogP contribution in [0.2, 0.25) is 0 Å². The average Bonchev–Trinajstić information content (AvgIpc) is 3.06. The van der Waals surface area contributed by atoms with Gasteiger partial charge in [-0.05, 0) is 24.3 Å². The normalized spacial score (nSPS) is 11.7. The van der Waals surface area contributed by atoms with Crippen molar-refractivity contribution in [1.29, 1.82) is 0 Å². The molecule has 0 amide bonds. The molecule has 6 nitrogen and oxygen atoms in total. The number of halogens is 4. The summed E-state index contributed by atoms with van der Waals surface area (Å²) in [5.41, 5.74) is 0.966. The maximum Gasteiger partial charge on any atom is 0.452 e. The summed E-state index contributed by atoms with van der Waals surface area (Å²) in [7, 11) is 0. The SMILES string of the molecule is Fc1cccc(Oc2ncc(-c3ccc4nnc(C(F)(F)F)n4c3)cn2)c1. The Balaban J connectivity index is 1.63. The predicted molar refractivity (Wildman–Crippen MR) is 85.5 cm³/mol. The molecule has 0 radical (unpaired) electrons. The maximum absolute atomic E-state index is 13.2. The molecule has 4 rings (SSSR count). The number of hydrogen-bond acceptors (Lipinski definition) is 5. The van der Waals surface area contributed by atoms with Crippen LogP contribution < -0.4 is 4.74 Å². The van der Waals surface area contributed by atoms with Gasteiger partial charge in [-0.1, -0.05) is 6.07 Å². The monoisotopic (exact) mass is 375 g/mol. The lowest BCUT2D eigenvalue weighted by molar-refractivity contribution is -0.145. The van der Waals surface area contributed by atoms with Crippen LogP contribution in [0.25, 0.3) is 16.8 Å². The second kappa shape index (κ2) is 6.31. The number of fused-ring (bicyclic) bond motifs is 1. The lowest BCUT2D eigenvalue weighted by Gasteiger charge is -2.07. The largest absolute Gasteiger partial charge is 0.452 e. The second-order valence-electron chi connectivity index (χ2n) is 5.48. The van der Waals surface area contributed by atoms with E-state index in [0.717, 1.165) is 4.40 Å². The fraction of sp³-hybridized carbons (Fsp3) is 0.0588. The number of ether oxygens (including phenoxy) is 1. The van der Waals surface area contributed by atoms with Gasteiger partial charge in [-0.25, -0.2) is 14.4 Å². The first-order valence-electron chi connectivity index (χ1n) is 7.58. The van der Waals surface area contributed by atoms with Gasteiger partial charge >= 0.3 is 12.2 Å². The van der Waals surface area contributed by atoms with E-state index in [-0.39, 0.29) is 17.4 Å². The smallest absolute Gasteiger partial charge is 0.424 e. The summed E-state index contributed by atoms with van der Waals surface area (Å²) in [6.45, 7) is 0. The summed E-state index contributed by atoms with van der Waals surface area (Å²) in [5, 5.41) is 6.67. The molecular weight excluding hydrogens is 366 g/mol. The van der Waals surface area contributed by atoms with Crippen molar-refractivity contribution in [2.24, 2.45) is 0 Å². The fourth-order valence-corrected chi connectivity index (χ4v) is 2.41. The Morgan fingerprint density at radius 1 is 0.926 bits per heavy atom. The first kappa shape index (κ1) is 16.9. The highest BCUT2D eigenvalue weighted by Gasteiger charge is 2.36. The molecule has 0 saturated heterocycles. The number of nitrogens with zero attached hydrogens (tertiary/aromatic N) is 5. The summed E-state index contributed by atoms with van der Waals surface area (Å²) in [6, 6.07) is 8.43. The van der Waals surface area contributed by atoms with E-state index >= 15 is 0 Å². The minimum Gasteiger partial charge on any atom is -0.424 e. The minimum absolute atomic E-state index is 0.0225. The van der Waals surface area contributed by atoms with E-state index in [1.165, 1.54) is 42.9 Å². The van der Waals surface area contributed by atoms with Gasteiger partial charge in [0.25, 0.3) is 0 Å². The van der Waals surface area contributed by atoms with Crippen molar-refractivity contribution in [2.45, 2.75) is 6.18 Å². The first-order chi connectivity index (χ1) is 12.9. The Kier molecular flexibility index (Phi) is 3.94. The highest BCUT2D eigenvalue weighted by Crippen LogP contribution is 2.29. The number of rotatable bonds is 3. The Morgan fingerprint density at radius 3 is 2.41 bits per heavy atom. The van der Waals surface area contributed by atoms with Crippen molar-refractivity contribution < 1.29 is 22.3 Å². The van der Waals surface area contributed by atoms with E-state index in [9.17, 15) is 17.6 Å². The molecule has 136 valence electrons. The highest BCUT2D eigenvalue weighted by atomic mass is 19.4. The number of benzene rings is 1. The van der Waals surface area contributed by atoms with E-state index in [4.69, 9.17) is 4.74 Å². The van der Waals surface area contributed by atoms with Gasteiger partial charge in [0, 0.05) is 35.8 Å². The third-order valence-corrected chi connectivity index (χ3v) is 3.62. The Hall–Kier alpha value is -3.56. The molecule has 3 aromatic heterocycles. The van der Waals surface area contributed by atoms with Crippen molar-refractivity contribution in [2.75, 3.05) is 0 Å². The van der Waals surface area contributed by atoms with E-state index < -0.39 is 17.8 Å².